The van der Waals surface area contributed by atoms with Gasteiger partial charge in [-0.05, 0) is 55.0 Å². The maximum Gasteiger partial charge on any atom is 0.271 e. The fraction of sp³-hybridized carbons (Fsp3) is 0.294. The van der Waals surface area contributed by atoms with Crippen molar-refractivity contribution in [2.75, 3.05) is 13.1 Å². The number of hydrogen-bond donors (Lipinski definition) is 1. The third-order valence-corrected chi connectivity index (χ3v) is 6.90. The van der Waals surface area contributed by atoms with E-state index in [-0.39, 0.29) is 10.5 Å². The molecule has 3 rings (SSSR count). The average Bonchev–Trinajstić information content (AvgIpc) is 3.27. The first-order valence-corrected chi connectivity index (χ1v) is 10.3. The number of carbonyl (C=O) groups is 1. The van der Waals surface area contributed by atoms with Crippen LogP contribution in [0.2, 0.25) is 0 Å². The van der Waals surface area contributed by atoms with Crippen molar-refractivity contribution in [3.8, 4) is 0 Å². The van der Waals surface area contributed by atoms with Crippen LogP contribution in [0.3, 0.4) is 0 Å². The third-order valence-electron chi connectivity index (χ3n) is 4.05. The summed E-state index contributed by atoms with van der Waals surface area (Å²) in [6, 6.07) is 8.04. The number of nitrogens with one attached hydrogen (secondary N) is 1. The number of hydrazone groups is 1. The van der Waals surface area contributed by atoms with Gasteiger partial charge in [-0.1, -0.05) is 6.07 Å². The number of rotatable bonds is 5. The lowest BCUT2D eigenvalue weighted by Crippen LogP contribution is -2.28. The van der Waals surface area contributed by atoms with Gasteiger partial charge >= 0.3 is 0 Å². The van der Waals surface area contributed by atoms with Crippen LogP contribution in [0.5, 0.6) is 0 Å². The summed E-state index contributed by atoms with van der Waals surface area (Å²) in [6.45, 7) is 3.03. The summed E-state index contributed by atoms with van der Waals surface area (Å²) in [7, 11) is -3.54. The Balaban J connectivity index is 1.73. The molecular weight excluding hydrogens is 358 g/mol. The topological polar surface area (TPSA) is 78.8 Å². The first-order chi connectivity index (χ1) is 12.0. The van der Waals surface area contributed by atoms with Crippen LogP contribution in [-0.4, -0.2) is 37.9 Å². The fourth-order valence-corrected chi connectivity index (χ4v) is 4.96. The molecule has 1 fully saturated rings. The molecule has 132 valence electrons. The minimum absolute atomic E-state index is 0.139. The van der Waals surface area contributed by atoms with E-state index in [1.165, 1.54) is 27.8 Å². The second kappa shape index (κ2) is 7.47. The van der Waals surface area contributed by atoms with E-state index in [1.807, 2.05) is 18.4 Å². The highest BCUT2D eigenvalue weighted by Gasteiger charge is 2.27. The molecule has 1 aromatic heterocycles. The molecular formula is C17H19N3O3S2. The van der Waals surface area contributed by atoms with E-state index in [9.17, 15) is 13.2 Å². The molecule has 0 spiro atoms. The second-order valence-corrected chi connectivity index (χ2v) is 8.69. The van der Waals surface area contributed by atoms with Crippen molar-refractivity contribution in [1.29, 1.82) is 0 Å². The third kappa shape index (κ3) is 3.97. The van der Waals surface area contributed by atoms with E-state index in [1.54, 1.807) is 18.3 Å². The standard InChI is InChI=1S/C17H19N3O3S2/c1-13-7-10-24-16(13)12-18-19-17(21)14-5-4-6-15(11-14)25(22,23)20-8-2-3-9-20/h4-7,10-12H,2-3,8-9H2,1H3,(H,19,21). The molecule has 1 aliphatic heterocycles. The monoisotopic (exact) mass is 377 g/mol. The second-order valence-electron chi connectivity index (χ2n) is 5.81. The highest BCUT2D eigenvalue weighted by molar-refractivity contribution is 7.89. The van der Waals surface area contributed by atoms with Crippen LogP contribution in [0.25, 0.3) is 0 Å². The summed E-state index contributed by atoms with van der Waals surface area (Å²) in [5.41, 5.74) is 3.79. The molecule has 25 heavy (non-hydrogen) atoms. The van der Waals surface area contributed by atoms with Crippen molar-refractivity contribution in [3.63, 3.8) is 0 Å². The zero-order valence-corrected chi connectivity index (χ0v) is 15.4. The number of sulfonamides is 1. The molecule has 0 bridgehead atoms. The summed E-state index contributed by atoms with van der Waals surface area (Å²) in [6.07, 6.45) is 3.33. The Morgan fingerprint density at radius 2 is 2.04 bits per heavy atom. The van der Waals surface area contributed by atoms with Crippen molar-refractivity contribution >= 4 is 33.5 Å². The van der Waals surface area contributed by atoms with Gasteiger partial charge in [-0.25, -0.2) is 13.8 Å². The minimum Gasteiger partial charge on any atom is -0.267 e. The Hall–Kier alpha value is -2.03. The number of aryl methyl sites for hydroxylation is 1. The molecule has 6 nitrogen and oxygen atoms in total. The highest BCUT2D eigenvalue weighted by atomic mass is 32.2. The van der Waals surface area contributed by atoms with Gasteiger partial charge in [0.25, 0.3) is 5.91 Å². The zero-order valence-electron chi connectivity index (χ0n) is 13.8. The predicted molar refractivity (Wildman–Crippen MR) is 98.6 cm³/mol. The van der Waals surface area contributed by atoms with E-state index >= 15 is 0 Å². The Kier molecular flexibility index (Phi) is 5.31. The van der Waals surface area contributed by atoms with Crippen LogP contribution < -0.4 is 5.43 Å². The van der Waals surface area contributed by atoms with Crippen molar-refractivity contribution in [2.45, 2.75) is 24.7 Å². The molecule has 1 saturated heterocycles. The Morgan fingerprint density at radius 1 is 1.28 bits per heavy atom. The van der Waals surface area contributed by atoms with E-state index in [4.69, 9.17) is 0 Å². The molecule has 0 aliphatic carbocycles. The number of nitrogens with zero attached hydrogens (tertiary/aromatic N) is 2. The fourth-order valence-electron chi connectivity index (χ4n) is 2.61. The van der Waals surface area contributed by atoms with Gasteiger partial charge in [0.15, 0.2) is 0 Å². The molecule has 0 radical (unpaired) electrons. The Labute approximate surface area is 151 Å². The van der Waals surface area contributed by atoms with E-state index in [0.717, 1.165) is 23.3 Å². The van der Waals surface area contributed by atoms with Crippen LogP contribution in [0.1, 0.15) is 33.6 Å². The summed E-state index contributed by atoms with van der Waals surface area (Å²) < 4.78 is 26.6. The predicted octanol–water partition coefficient (Wildman–Crippen LogP) is 2.60. The molecule has 1 amide bonds. The van der Waals surface area contributed by atoms with Gasteiger partial charge in [0.2, 0.25) is 10.0 Å². The first kappa shape index (κ1) is 17.8. The molecule has 1 aromatic carbocycles. The number of carbonyl (C=O) groups excluding carboxylic acids is 1. The molecule has 1 N–H and O–H groups in total. The smallest absolute Gasteiger partial charge is 0.267 e. The SMILES string of the molecule is Cc1ccsc1C=NNC(=O)c1cccc(S(=O)(=O)N2CCCC2)c1. The van der Waals surface area contributed by atoms with Crippen LogP contribution in [0, 0.1) is 6.92 Å². The zero-order chi connectivity index (χ0) is 17.9. The first-order valence-electron chi connectivity index (χ1n) is 7.96. The summed E-state index contributed by atoms with van der Waals surface area (Å²) in [4.78, 5) is 13.3. The molecule has 0 atom stereocenters. The van der Waals surface area contributed by atoms with Gasteiger partial charge in [0.05, 0.1) is 11.1 Å². The lowest BCUT2D eigenvalue weighted by atomic mass is 10.2. The van der Waals surface area contributed by atoms with Crippen molar-refractivity contribution in [3.05, 3.63) is 51.7 Å². The van der Waals surface area contributed by atoms with Gasteiger partial charge in [0.1, 0.15) is 0 Å². The van der Waals surface area contributed by atoms with Crippen LogP contribution in [0.15, 0.2) is 45.7 Å². The van der Waals surface area contributed by atoms with Gasteiger partial charge in [0, 0.05) is 23.5 Å². The Bertz CT molecular complexity index is 897. The maximum atomic E-state index is 12.6. The van der Waals surface area contributed by atoms with Gasteiger partial charge < -0.3 is 0 Å². The number of amides is 1. The molecule has 2 heterocycles. The quantitative estimate of drug-likeness (QED) is 0.643. The number of thiophene rings is 1. The molecule has 8 heteroatoms. The molecule has 0 saturated carbocycles. The van der Waals surface area contributed by atoms with Gasteiger partial charge in [-0.3, -0.25) is 4.79 Å². The van der Waals surface area contributed by atoms with Gasteiger partial charge in [-0.2, -0.15) is 9.41 Å². The average molecular weight is 377 g/mol. The molecule has 0 unspecified atom stereocenters. The van der Waals surface area contributed by atoms with Crippen molar-refractivity contribution in [1.82, 2.24) is 9.73 Å². The summed E-state index contributed by atoms with van der Waals surface area (Å²) >= 11 is 1.53. The summed E-state index contributed by atoms with van der Waals surface area (Å²) in [5, 5.41) is 5.90. The maximum absolute atomic E-state index is 12.6. The van der Waals surface area contributed by atoms with Gasteiger partial charge in [-0.15, -0.1) is 11.3 Å². The largest absolute Gasteiger partial charge is 0.271 e. The van der Waals surface area contributed by atoms with E-state index < -0.39 is 15.9 Å². The minimum atomic E-state index is -3.54. The number of benzene rings is 1. The molecule has 2 aromatic rings. The number of hydrogen-bond acceptors (Lipinski definition) is 5. The lowest BCUT2D eigenvalue weighted by Gasteiger charge is -2.15. The van der Waals surface area contributed by atoms with Crippen LogP contribution in [0.4, 0.5) is 0 Å². The van der Waals surface area contributed by atoms with Crippen LogP contribution in [-0.2, 0) is 10.0 Å². The van der Waals surface area contributed by atoms with Crippen LogP contribution >= 0.6 is 11.3 Å². The Morgan fingerprint density at radius 3 is 2.72 bits per heavy atom. The van der Waals surface area contributed by atoms with E-state index in [0.29, 0.717) is 13.1 Å². The normalized spacial score (nSPS) is 15.7. The molecule has 1 aliphatic rings. The van der Waals surface area contributed by atoms with Crippen molar-refractivity contribution < 1.29 is 13.2 Å². The lowest BCUT2D eigenvalue weighted by molar-refractivity contribution is 0.0955. The van der Waals surface area contributed by atoms with Crippen molar-refractivity contribution in [2.24, 2.45) is 5.10 Å². The highest BCUT2D eigenvalue weighted by Crippen LogP contribution is 2.21. The van der Waals surface area contributed by atoms with E-state index in [2.05, 4.69) is 10.5 Å². The summed E-state index contributed by atoms with van der Waals surface area (Å²) in [5.74, 6) is -0.441.